The van der Waals surface area contributed by atoms with Crippen molar-refractivity contribution >= 4 is 57.1 Å². The smallest absolute Gasteiger partial charge is 0.251 e. The lowest BCUT2D eigenvalue weighted by Crippen LogP contribution is -2.41. The number of amides is 1. The van der Waals surface area contributed by atoms with Crippen molar-refractivity contribution in [2.75, 3.05) is 12.4 Å². The van der Waals surface area contributed by atoms with Gasteiger partial charge in [-0.1, -0.05) is 12.1 Å². The molecule has 4 atom stereocenters. The Morgan fingerprint density at radius 1 is 1.27 bits per heavy atom. The highest BCUT2D eigenvalue weighted by Gasteiger charge is 2.47. The number of hydrogen-bond donors (Lipinski definition) is 4. The Morgan fingerprint density at radius 3 is 2.70 bits per heavy atom. The zero-order chi connectivity index (χ0) is 21.4. The number of fused-ring (bicyclic) bond motifs is 1. The zero-order valence-corrected chi connectivity index (χ0v) is 18.6. The summed E-state index contributed by atoms with van der Waals surface area (Å²) in [5.74, 6) is -0.126. The van der Waals surface area contributed by atoms with Crippen LogP contribution >= 0.6 is 34.2 Å². The first-order chi connectivity index (χ1) is 14.4. The van der Waals surface area contributed by atoms with Crippen molar-refractivity contribution < 1.29 is 19.7 Å². The molecule has 3 heterocycles. The van der Waals surface area contributed by atoms with Gasteiger partial charge in [0, 0.05) is 17.2 Å². The summed E-state index contributed by atoms with van der Waals surface area (Å²) in [6.45, 7) is 0.492. The number of imidazole rings is 1. The zero-order valence-electron chi connectivity index (χ0n) is 15.7. The molecule has 1 aromatic carbocycles. The average Bonchev–Trinajstić information content (AvgIpc) is 3.28. The van der Waals surface area contributed by atoms with Gasteiger partial charge >= 0.3 is 0 Å². The minimum absolute atomic E-state index is 0.0229. The van der Waals surface area contributed by atoms with E-state index >= 15 is 0 Å². The Kier molecular flexibility index (Phi) is 6.06. The van der Waals surface area contributed by atoms with Crippen LogP contribution in [0.15, 0.2) is 30.6 Å². The number of aromatic nitrogens is 4. The average molecular weight is 545 g/mol. The molecule has 3 aromatic rings. The van der Waals surface area contributed by atoms with E-state index in [0.29, 0.717) is 23.5 Å². The Labute approximate surface area is 189 Å². The summed E-state index contributed by atoms with van der Waals surface area (Å²) in [6.07, 6.45) is -3.64. The van der Waals surface area contributed by atoms with E-state index < -0.39 is 30.4 Å². The summed E-state index contributed by atoms with van der Waals surface area (Å²) < 4.78 is 8.16. The number of nitrogens with zero attached hydrogens (tertiary/aromatic N) is 4. The molecule has 1 aliphatic heterocycles. The van der Waals surface area contributed by atoms with Gasteiger partial charge in [0.05, 0.1) is 6.33 Å². The summed E-state index contributed by atoms with van der Waals surface area (Å²) in [4.78, 5) is 24.6. The molecular weight excluding hydrogens is 527 g/mol. The van der Waals surface area contributed by atoms with Crippen LogP contribution in [0.25, 0.3) is 11.2 Å². The third kappa shape index (κ3) is 3.95. The summed E-state index contributed by atoms with van der Waals surface area (Å²) >= 11 is 8.35. The lowest BCUT2D eigenvalue weighted by molar-refractivity contribution is -0.137. The second kappa shape index (κ2) is 8.59. The molecule has 1 fully saturated rings. The molecule has 0 unspecified atom stereocenters. The summed E-state index contributed by atoms with van der Waals surface area (Å²) in [5, 5.41) is 26.2. The number of carbonyl (C=O) groups excluding carboxylic acids is 1. The molecule has 158 valence electrons. The largest absolute Gasteiger partial charge is 0.387 e. The molecule has 1 saturated heterocycles. The van der Waals surface area contributed by atoms with Crippen molar-refractivity contribution in [2.45, 2.75) is 31.1 Å². The molecular formula is C18H18ClIN6O4. The molecule has 1 amide bonds. The number of nitrogens with one attached hydrogen (secondary N) is 2. The molecule has 0 radical (unpaired) electrons. The highest BCUT2D eigenvalue weighted by Crippen LogP contribution is 2.33. The quantitative estimate of drug-likeness (QED) is 0.277. The van der Waals surface area contributed by atoms with Gasteiger partial charge in [0.2, 0.25) is 5.28 Å². The number of aliphatic hydroxyl groups excluding tert-OH is 2. The lowest BCUT2D eigenvalue weighted by Gasteiger charge is -2.16. The number of rotatable bonds is 5. The van der Waals surface area contributed by atoms with Gasteiger partial charge in [0.25, 0.3) is 5.91 Å². The fraction of sp³-hybridized carbons (Fsp3) is 0.333. The van der Waals surface area contributed by atoms with E-state index in [4.69, 9.17) is 16.3 Å². The van der Waals surface area contributed by atoms with E-state index in [1.54, 1.807) is 0 Å². The Morgan fingerprint density at radius 2 is 2.00 bits per heavy atom. The van der Waals surface area contributed by atoms with E-state index in [-0.39, 0.29) is 5.28 Å². The fourth-order valence-electron chi connectivity index (χ4n) is 3.24. The van der Waals surface area contributed by atoms with Crippen molar-refractivity contribution in [3.63, 3.8) is 0 Å². The number of aliphatic hydroxyl groups is 2. The van der Waals surface area contributed by atoms with Crippen molar-refractivity contribution in [1.82, 2.24) is 24.8 Å². The summed E-state index contributed by atoms with van der Waals surface area (Å²) in [5.41, 5.74) is 1.76. The first-order valence-electron chi connectivity index (χ1n) is 9.00. The van der Waals surface area contributed by atoms with E-state index in [0.717, 1.165) is 9.13 Å². The third-order valence-corrected chi connectivity index (χ3v) is 5.67. The van der Waals surface area contributed by atoms with Crippen LogP contribution in [0.2, 0.25) is 5.28 Å². The first kappa shape index (κ1) is 21.2. The van der Waals surface area contributed by atoms with Crippen LogP contribution in [0.5, 0.6) is 0 Å². The molecule has 4 rings (SSSR count). The molecule has 2 aromatic heterocycles. The van der Waals surface area contributed by atoms with Gasteiger partial charge in [0.1, 0.15) is 12.2 Å². The van der Waals surface area contributed by atoms with Crippen LogP contribution in [0, 0.1) is 3.57 Å². The van der Waals surface area contributed by atoms with Crippen molar-refractivity contribution in [3.8, 4) is 0 Å². The molecule has 30 heavy (non-hydrogen) atoms. The van der Waals surface area contributed by atoms with E-state index in [1.807, 2.05) is 24.3 Å². The highest BCUT2D eigenvalue weighted by atomic mass is 127. The van der Waals surface area contributed by atoms with Crippen molar-refractivity contribution in [3.05, 3.63) is 45.0 Å². The number of carbonyl (C=O) groups is 1. The van der Waals surface area contributed by atoms with Crippen LogP contribution in [0.3, 0.4) is 0 Å². The van der Waals surface area contributed by atoms with E-state index in [1.165, 1.54) is 17.9 Å². The number of benzene rings is 1. The maximum absolute atomic E-state index is 11.9. The molecule has 10 nitrogen and oxygen atoms in total. The van der Waals surface area contributed by atoms with Crippen LogP contribution in [0.1, 0.15) is 11.8 Å². The predicted molar refractivity (Wildman–Crippen MR) is 117 cm³/mol. The second-order valence-electron chi connectivity index (χ2n) is 6.69. The van der Waals surface area contributed by atoms with Gasteiger partial charge in [-0.15, -0.1) is 0 Å². The number of halogens is 2. The van der Waals surface area contributed by atoms with Gasteiger partial charge < -0.3 is 25.6 Å². The van der Waals surface area contributed by atoms with Crippen LogP contribution in [0.4, 0.5) is 5.82 Å². The van der Waals surface area contributed by atoms with Crippen LogP contribution in [-0.2, 0) is 16.1 Å². The Bertz CT molecular complexity index is 1080. The molecule has 0 aliphatic carbocycles. The predicted octanol–water partition coefficient (Wildman–Crippen LogP) is 1.06. The molecule has 12 heteroatoms. The van der Waals surface area contributed by atoms with E-state index in [9.17, 15) is 15.0 Å². The topological polar surface area (TPSA) is 134 Å². The van der Waals surface area contributed by atoms with Crippen molar-refractivity contribution in [2.24, 2.45) is 0 Å². The normalized spacial score (nSPS) is 23.6. The molecule has 0 bridgehead atoms. The first-order valence-corrected chi connectivity index (χ1v) is 10.5. The Balaban J connectivity index is 1.63. The lowest BCUT2D eigenvalue weighted by atomic mass is 10.1. The summed E-state index contributed by atoms with van der Waals surface area (Å²) in [6, 6.07) is 8.00. The number of hydrogen-bond acceptors (Lipinski definition) is 8. The van der Waals surface area contributed by atoms with Crippen LogP contribution < -0.4 is 10.6 Å². The monoisotopic (exact) mass is 544 g/mol. The number of likely N-dealkylation sites (N-methyl/N-ethyl adjacent to an activating group) is 1. The van der Waals surface area contributed by atoms with Crippen molar-refractivity contribution in [1.29, 1.82) is 0 Å². The van der Waals surface area contributed by atoms with Gasteiger partial charge in [0.15, 0.2) is 29.3 Å². The molecule has 1 aliphatic rings. The maximum Gasteiger partial charge on any atom is 0.251 e. The minimum Gasteiger partial charge on any atom is -0.387 e. The van der Waals surface area contributed by atoms with Gasteiger partial charge in [-0.2, -0.15) is 9.97 Å². The standard InChI is InChI=1S/C18H18ClIN6O4/c1-21-16(29)13-11(27)12(28)17(30-13)26-7-23-10-14(24-18(19)25-15(10)26)22-6-8-2-4-9(20)5-3-8/h2-5,7,11-13,17,27-28H,6H2,1H3,(H,21,29)(H,22,24,25)/t11-,12+,13-,17+/m0/s1. The molecule has 4 N–H and O–H groups in total. The highest BCUT2D eigenvalue weighted by molar-refractivity contribution is 14.1. The van der Waals surface area contributed by atoms with Gasteiger partial charge in [-0.25, -0.2) is 4.98 Å². The maximum atomic E-state index is 11.9. The number of ether oxygens (including phenoxy) is 1. The fourth-order valence-corrected chi connectivity index (χ4v) is 3.76. The third-order valence-electron chi connectivity index (χ3n) is 4.78. The molecule has 0 saturated carbocycles. The van der Waals surface area contributed by atoms with Crippen LogP contribution in [-0.4, -0.2) is 61.0 Å². The summed E-state index contributed by atoms with van der Waals surface area (Å²) in [7, 11) is 1.42. The van der Waals surface area contributed by atoms with E-state index in [2.05, 4.69) is 48.2 Å². The van der Waals surface area contributed by atoms with Gasteiger partial charge in [-0.05, 0) is 51.9 Å². The number of anilines is 1. The minimum atomic E-state index is -1.40. The second-order valence-corrected chi connectivity index (χ2v) is 8.27. The van der Waals surface area contributed by atoms with Gasteiger partial charge in [-0.3, -0.25) is 9.36 Å². The Hall–Kier alpha value is -2.06. The SMILES string of the molecule is CNC(=O)[C@H]1O[C@@H](n2cnc3c(NCc4ccc(I)cc4)nc(Cl)nc32)[C@H](O)[C@@H]1O. The molecule has 0 spiro atoms.